The highest BCUT2D eigenvalue weighted by Crippen LogP contribution is 2.36. The summed E-state index contributed by atoms with van der Waals surface area (Å²) in [7, 11) is 4.57. The van der Waals surface area contributed by atoms with Gasteiger partial charge in [-0.2, -0.15) is 0 Å². The summed E-state index contributed by atoms with van der Waals surface area (Å²) in [6.07, 6.45) is 1.43. The van der Waals surface area contributed by atoms with Gasteiger partial charge in [0, 0.05) is 27.2 Å². The summed E-state index contributed by atoms with van der Waals surface area (Å²) in [5.41, 5.74) is 1.26. The van der Waals surface area contributed by atoms with E-state index in [4.69, 9.17) is 9.72 Å². The average molecular weight is 550 g/mol. The number of hydrogen-bond donors (Lipinski definition) is 0. The van der Waals surface area contributed by atoms with E-state index in [1.807, 2.05) is 19.1 Å². The molecule has 4 aromatic rings. The molecule has 0 bridgehead atoms. The van der Waals surface area contributed by atoms with Gasteiger partial charge in [0.15, 0.2) is 16.3 Å². The molecule has 1 aromatic carbocycles. The van der Waals surface area contributed by atoms with E-state index in [0.29, 0.717) is 24.0 Å². The van der Waals surface area contributed by atoms with E-state index in [1.165, 1.54) is 33.8 Å². The van der Waals surface area contributed by atoms with Crippen molar-refractivity contribution >= 4 is 56.2 Å². The first-order valence-electron chi connectivity index (χ1n) is 11.8. The Hall–Kier alpha value is -3.22. The third-order valence-electron chi connectivity index (χ3n) is 6.50. The van der Waals surface area contributed by atoms with Gasteiger partial charge in [-0.1, -0.05) is 31.3 Å². The van der Waals surface area contributed by atoms with Crippen LogP contribution in [0.3, 0.4) is 0 Å². The van der Waals surface area contributed by atoms with Crippen LogP contribution in [0.15, 0.2) is 28.0 Å². The fourth-order valence-electron chi connectivity index (χ4n) is 4.23. The van der Waals surface area contributed by atoms with Gasteiger partial charge in [-0.05, 0) is 31.6 Å². The van der Waals surface area contributed by atoms with Crippen molar-refractivity contribution in [2.24, 2.45) is 14.1 Å². The molecule has 37 heavy (non-hydrogen) atoms. The molecule has 11 nitrogen and oxygen atoms in total. The van der Waals surface area contributed by atoms with Crippen LogP contribution in [0.1, 0.15) is 19.4 Å². The van der Waals surface area contributed by atoms with Crippen molar-refractivity contribution in [1.82, 2.24) is 28.6 Å². The predicted molar refractivity (Wildman–Crippen MR) is 149 cm³/mol. The normalized spacial score (nSPS) is 11.3. The number of methoxy groups -OCH3 is 1. The first-order valence-corrected chi connectivity index (χ1v) is 12.6. The molecule has 0 N–H and O–H groups in total. The minimum absolute atomic E-state index is 0. The Morgan fingerprint density at radius 3 is 2.46 bits per heavy atom. The number of carbonyl (C=O) groups excluding carboxylic acids is 1. The van der Waals surface area contributed by atoms with E-state index < -0.39 is 11.2 Å². The maximum Gasteiger partial charge on any atom is 0.332 e. The number of amides is 1. The summed E-state index contributed by atoms with van der Waals surface area (Å²) in [6.45, 7) is 8.88. The largest absolute Gasteiger partial charge is 0.494 e. The first-order chi connectivity index (χ1) is 17.2. The van der Waals surface area contributed by atoms with Gasteiger partial charge >= 0.3 is 5.69 Å². The summed E-state index contributed by atoms with van der Waals surface area (Å²) in [4.78, 5) is 51.8. The Kier molecular flexibility index (Phi) is 8.77. The molecule has 0 saturated carbocycles. The van der Waals surface area contributed by atoms with E-state index in [2.05, 4.69) is 23.7 Å². The van der Waals surface area contributed by atoms with E-state index >= 15 is 0 Å². The molecule has 13 heteroatoms. The number of rotatable bonds is 9. The highest BCUT2D eigenvalue weighted by atomic mass is 35.5. The van der Waals surface area contributed by atoms with Crippen LogP contribution >= 0.6 is 23.7 Å². The lowest BCUT2D eigenvalue weighted by Gasteiger charge is -2.25. The lowest BCUT2D eigenvalue weighted by atomic mass is 10.2. The van der Waals surface area contributed by atoms with E-state index in [0.717, 1.165) is 33.4 Å². The molecule has 0 aliphatic heterocycles. The second-order valence-electron chi connectivity index (χ2n) is 8.58. The molecule has 0 radical (unpaired) electrons. The number of ether oxygens (including phenoxy) is 1. The number of aromatic nitrogens is 5. The molecule has 0 unspecified atom stereocenters. The van der Waals surface area contributed by atoms with E-state index in [1.54, 1.807) is 19.1 Å². The standard InChI is InChI=1S/C24H31N7O4S.ClH/c1-7-29(8-2)11-12-31(23-26-18-16(35-6)10-9-15(3)20(18)36-23)17(32)13-30-14-25-21-19(30)22(33)28(5)24(34)27(21)4;/h9-10,14H,7-8,11-13H2,1-6H3;1H. The molecule has 0 fully saturated rings. The molecule has 3 aromatic heterocycles. The number of anilines is 1. The SMILES string of the molecule is CCN(CC)CCN(C(=O)Cn1cnc2c1c(=O)n(C)c(=O)n2C)c1nc2c(OC)ccc(C)c2s1.Cl. The maximum absolute atomic E-state index is 13.7. The van der Waals surface area contributed by atoms with Gasteiger partial charge < -0.3 is 14.2 Å². The zero-order chi connectivity index (χ0) is 26.1. The van der Waals surface area contributed by atoms with Crippen molar-refractivity contribution in [3.05, 3.63) is 44.9 Å². The van der Waals surface area contributed by atoms with Crippen molar-refractivity contribution in [1.29, 1.82) is 0 Å². The molecular weight excluding hydrogens is 518 g/mol. The van der Waals surface area contributed by atoms with Gasteiger partial charge in [-0.3, -0.25) is 23.6 Å². The minimum Gasteiger partial charge on any atom is -0.494 e. The second kappa shape index (κ2) is 11.4. The summed E-state index contributed by atoms with van der Waals surface area (Å²) in [5.74, 6) is 0.423. The number of imidazole rings is 1. The Bertz CT molecular complexity index is 1550. The minimum atomic E-state index is -0.492. The zero-order valence-electron chi connectivity index (χ0n) is 21.8. The van der Waals surface area contributed by atoms with Crippen molar-refractivity contribution < 1.29 is 9.53 Å². The number of fused-ring (bicyclic) bond motifs is 2. The van der Waals surface area contributed by atoms with Crippen LogP contribution in [-0.4, -0.2) is 67.8 Å². The molecule has 0 aliphatic carbocycles. The van der Waals surface area contributed by atoms with E-state index in [-0.39, 0.29) is 36.0 Å². The summed E-state index contributed by atoms with van der Waals surface area (Å²) in [5, 5.41) is 0.569. The fourth-order valence-corrected chi connectivity index (χ4v) is 5.33. The number of carbonyl (C=O) groups is 1. The molecule has 0 spiro atoms. The van der Waals surface area contributed by atoms with Gasteiger partial charge in [-0.25, -0.2) is 14.8 Å². The van der Waals surface area contributed by atoms with Crippen LogP contribution in [0.25, 0.3) is 21.4 Å². The smallest absolute Gasteiger partial charge is 0.332 e. The van der Waals surface area contributed by atoms with Crippen molar-refractivity contribution in [2.75, 3.05) is 38.2 Å². The van der Waals surface area contributed by atoms with Crippen LogP contribution < -0.4 is 20.9 Å². The topological polar surface area (TPSA) is 107 Å². The molecule has 1 amide bonds. The number of halogens is 1. The molecule has 4 rings (SSSR count). The number of likely N-dealkylation sites (N-methyl/N-ethyl adjacent to an activating group) is 1. The lowest BCUT2D eigenvalue weighted by molar-refractivity contribution is -0.119. The lowest BCUT2D eigenvalue weighted by Crippen LogP contribution is -2.41. The van der Waals surface area contributed by atoms with Gasteiger partial charge in [0.25, 0.3) is 5.56 Å². The molecule has 0 saturated heterocycles. The molecule has 0 aliphatic rings. The molecule has 3 heterocycles. The van der Waals surface area contributed by atoms with Gasteiger partial charge in [-0.15, -0.1) is 12.4 Å². The maximum atomic E-state index is 13.7. The van der Waals surface area contributed by atoms with Crippen molar-refractivity contribution in [3.63, 3.8) is 0 Å². The Morgan fingerprint density at radius 1 is 1.11 bits per heavy atom. The Balaban J connectivity index is 0.00000380. The summed E-state index contributed by atoms with van der Waals surface area (Å²) >= 11 is 1.44. The first kappa shape index (κ1) is 28.4. The van der Waals surface area contributed by atoms with Crippen LogP contribution in [0.2, 0.25) is 0 Å². The van der Waals surface area contributed by atoms with Crippen LogP contribution in [0, 0.1) is 6.92 Å². The third-order valence-corrected chi connectivity index (χ3v) is 7.71. The fraction of sp³-hybridized carbons (Fsp3) is 0.458. The quantitative estimate of drug-likeness (QED) is 0.315. The van der Waals surface area contributed by atoms with Gasteiger partial charge in [0.05, 0.1) is 18.1 Å². The number of aryl methyl sites for hydroxylation is 2. The Morgan fingerprint density at radius 2 is 1.81 bits per heavy atom. The predicted octanol–water partition coefficient (Wildman–Crippen LogP) is 2.16. The van der Waals surface area contributed by atoms with Crippen LogP contribution in [0.5, 0.6) is 5.75 Å². The zero-order valence-corrected chi connectivity index (χ0v) is 23.5. The van der Waals surface area contributed by atoms with E-state index in [9.17, 15) is 14.4 Å². The number of hydrogen-bond acceptors (Lipinski definition) is 8. The Labute approximate surface area is 224 Å². The highest BCUT2D eigenvalue weighted by Gasteiger charge is 2.24. The van der Waals surface area contributed by atoms with Crippen LogP contribution in [-0.2, 0) is 25.4 Å². The number of thiazole rings is 1. The van der Waals surface area contributed by atoms with Gasteiger partial charge in [0.1, 0.15) is 17.8 Å². The molecule has 200 valence electrons. The molecule has 0 atom stereocenters. The van der Waals surface area contributed by atoms with Crippen LogP contribution in [0.4, 0.5) is 5.13 Å². The summed E-state index contributed by atoms with van der Waals surface area (Å²) in [6, 6.07) is 3.85. The van der Waals surface area contributed by atoms with Crippen molar-refractivity contribution in [2.45, 2.75) is 27.3 Å². The second-order valence-corrected chi connectivity index (χ2v) is 9.56. The monoisotopic (exact) mass is 549 g/mol. The van der Waals surface area contributed by atoms with Gasteiger partial charge in [0.2, 0.25) is 5.91 Å². The number of benzene rings is 1. The van der Waals surface area contributed by atoms with Crippen molar-refractivity contribution in [3.8, 4) is 5.75 Å². The third kappa shape index (κ3) is 5.13. The summed E-state index contributed by atoms with van der Waals surface area (Å²) < 4.78 is 10.3. The highest BCUT2D eigenvalue weighted by molar-refractivity contribution is 7.22. The molecular formula is C24H32ClN7O4S. The average Bonchev–Trinajstić information content (AvgIpc) is 3.50. The number of nitrogens with zero attached hydrogens (tertiary/aromatic N) is 7.